The number of nitrogens with one attached hydrogen (secondary N) is 2. The van der Waals surface area contributed by atoms with Gasteiger partial charge in [0.05, 0.1) is 12.2 Å². The fraction of sp³-hybridized carbons (Fsp3) is 0.889. The van der Waals surface area contributed by atoms with Crippen molar-refractivity contribution in [1.82, 2.24) is 10.0 Å². The van der Waals surface area contributed by atoms with Crippen molar-refractivity contribution >= 4 is 16.0 Å². The lowest BCUT2D eigenvalue weighted by Crippen LogP contribution is -2.31. The highest BCUT2D eigenvalue weighted by Crippen LogP contribution is 1.90. The molecule has 0 aliphatic carbocycles. The standard InChI is InChI=1S/C9H20N2O4S/c1-8(2)10-5-3-6-11-16(14,15)7-4-9(12)13/h8,10-11H,3-7H2,1-2H3,(H,12,13). The zero-order valence-corrected chi connectivity index (χ0v) is 10.5. The van der Waals surface area contributed by atoms with Gasteiger partial charge in [0.1, 0.15) is 0 Å². The van der Waals surface area contributed by atoms with Crippen molar-refractivity contribution in [3.63, 3.8) is 0 Å². The van der Waals surface area contributed by atoms with Gasteiger partial charge in [0.2, 0.25) is 10.0 Å². The molecule has 0 radical (unpaired) electrons. The Morgan fingerprint density at radius 2 is 1.94 bits per heavy atom. The molecule has 3 N–H and O–H groups in total. The van der Waals surface area contributed by atoms with E-state index in [2.05, 4.69) is 10.0 Å². The van der Waals surface area contributed by atoms with Gasteiger partial charge < -0.3 is 10.4 Å². The van der Waals surface area contributed by atoms with Crippen LogP contribution in [0.4, 0.5) is 0 Å². The van der Waals surface area contributed by atoms with Crippen molar-refractivity contribution < 1.29 is 18.3 Å². The zero-order chi connectivity index (χ0) is 12.6. The largest absolute Gasteiger partial charge is 0.481 e. The molecule has 0 spiro atoms. The van der Waals surface area contributed by atoms with Crippen molar-refractivity contribution in [2.75, 3.05) is 18.8 Å². The Morgan fingerprint density at radius 1 is 1.31 bits per heavy atom. The molecule has 0 rings (SSSR count). The van der Waals surface area contributed by atoms with Crippen molar-refractivity contribution in [3.8, 4) is 0 Å². The molecule has 0 saturated heterocycles. The second kappa shape index (κ2) is 7.59. The van der Waals surface area contributed by atoms with E-state index in [-0.39, 0.29) is 12.2 Å². The highest BCUT2D eigenvalue weighted by Gasteiger charge is 2.11. The van der Waals surface area contributed by atoms with Crippen LogP contribution in [0, 0.1) is 0 Å². The summed E-state index contributed by atoms with van der Waals surface area (Å²) < 4.78 is 24.8. The minimum Gasteiger partial charge on any atom is -0.481 e. The van der Waals surface area contributed by atoms with E-state index < -0.39 is 16.0 Å². The van der Waals surface area contributed by atoms with E-state index in [1.807, 2.05) is 13.8 Å². The van der Waals surface area contributed by atoms with Crippen LogP contribution in [0.5, 0.6) is 0 Å². The molecule has 0 aromatic rings. The molecule has 0 atom stereocenters. The number of hydrogen-bond donors (Lipinski definition) is 3. The SMILES string of the molecule is CC(C)NCCCNS(=O)(=O)CCC(=O)O. The summed E-state index contributed by atoms with van der Waals surface area (Å²) in [5.74, 6) is -1.47. The quantitative estimate of drug-likeness (QED) is 0.493. The lowest BCUT2D eigenvalue weighted by molar-refractivity contribution is -0.136. The third-order valence-corrected chi connectivity index (χ3v) is 3.20. The van der Waals surface area contributed by atoms with E-state index in [0.29, 0.717) is 19.0 Å². The first-order chi connectivity index (χ1) is 7.33. The average molecular weight is 252 g/mol. The number of hydrogen-bond acceptors (Lipinski definition) is 4. The van der Waals surface area contributed by atoms with Gasteiger partial charge >= 0.3 is 5.97 Å². The van der Waals surface area contributed by atoms with Gasteiger partial charge in [-0.05, 0) is 13.0 Å². The molecule has 0 saturated carbocycles. The monoisotopic (exact) mass is 252 g/mol. The Morgan fingerprint density at radius 3 is 2.44 bits per heavy atom. The minimum absolute atomic E-state index is 0.335. The Labute approximate surface area is 96.5 Å². The number of carboxylic acid groups (broad SMARTS) is 1. The maximum absolute atomic E-state index is 11.2. The predicted octanol–water partition coefficient (Wildman–Crippen LogP) is -0.231. The third kappa shape index (κ3) is 9.88. The molecule has 0 aliphatic heterocycles. The summed E-state index contributed by atoms with van der Waals surface area (Å²) in [4.78, 5) is 10.2. The molecule has 0 bridgehead atoms. The van der Waals surface area contributed by atoms with Gasteiger partial charge in [0.25, 0.3) is 0 Å². The van der Waals surface area contributed by atoms with Crippen molar-refractivity contribution in [1.29, 1.82) is 0 Å². The molecule has 0 aromatic heterocycles. The molecule has 96 valence electrons. The molecule has 0 unspecified atom stereocenters. The van der Waals surface area contributed by atoms with E-state index in [4.69, 9.17) is 5.11 Å². The number of sulfonamides is 1. The summed E-state index contributed by atoms with van der Waals surface area (Å²) in [6.07, 6.45) is 0.323. The van der Waals surface area contributed by atoms with Crippen molar-refractivity contribution in [2.45, 2.75) is 32.7 Å². The lowest BCUT2D eigenvalue weighted by atomic mass is 10.3. The lowest BCUT2D eigenvalue weighted by Gasteiger charge is -2.08. The van der Waals surface area contributed by atoms with Gasteiger partial charge in [-0.1, -0.05) is 13.8 Å². The Balaban J connectivity index is 3.62. The van der Waals surface area contributed by atoms with Crippen molar-refractivity contribution in [2.24, 2.45) is 0 Å². The van der Waals surface area contributed by atoms with E-state index in [1.165, 1.54) is 0 Å². The molecule has 0 amide bonds. The molecule has 0 heterocycles. The Kier molecular flexibility index (Phi) is 7.27. The molecule has 6 nitrogen and oxygen atoms in total. The van der Waals surface area contributed by atoms with Gasteiger partial charge in [-0.3, -0.25) is 4.79 Å². The maximum atomic E-state index is 11.2. The fourth-order valence-electron chi connectivity index (χ4n) is 1.00. The number of carbonyl (C=O) groups is 1. The summed E-state index contributed by atoms with van der Waals surface area (Å²) in [5, 5.41) is 11.5. The first-order valence-electron chi connectivity index (χ1n) is 5.26. The van der Waals surface area contributed by atoms with Crippen molar-refractivity contribution in [3.05, 3.63) is 0 Å². The van der Waals surface area contributed by atoms with Crippen LogP contribution in [0.2, 0.25) is 0 Å². The summed E-state index contributed by atoms with van der Waals surface area (Å²) >= 11 is 0. The summed E-state index contributed by atoms with van der Waals surface area (Å²) in [7, 11) is -3.44. The van der Waals surface area contributed by atoms with E-state index in [9.17, 15) is 13.2 Å². The molecule has 0 fully saturated rings. The van der Waals surface area contributed by atoms with Crippen LogP contribution in [-0.2, 0) is 14.8 Å². The van der Waals surface area contributed by atoms with Crippen LogP contribution >= 0.6 is 0 Å². The van der Waals surface area contributed by atoms with Crippen LogP contribution < -0.4 is 10.0 Å². The molecule has 16 heavy (non-hydrogen) atoms. The summed E-state index contributed by atoms with van der Waals surface area (Å²) in [5.41, 5.74) is 0. The van der Waals surface area contributed by atoms with Gasteiger partial charge in [-0.25, -0.2) is 13.1 Å². The first kappa shape index (κ1) is 15.3. The van der Waals surface area contributed by atoms with Crippen LogP contribution in [-0.4, -0.2) is 44.4 Å². The molecule has 7 heteroatoms. The Hall–Kier alpha value is -0.660. The van der Waals surface area contributed by atoms with E-state index >= 15 is 0 Å². The van der Waals surface area contributed by atoms with Crippen LogP contribution in [0.3, 0.4) is 0 Å². The molecular weight excluding hydrogens is 232 g/mol. The highest BCUT2D eigenvalue weighted by atomic mass is 32.2. The van der Waals surface area contributed by atoms with E-state index in [0.717, 1.165) is 6.54 Å². The number of rotatable bonds is 9. The number of aliphatic carboxylic acids is 1. The van der Waals surface area contributed by atoms with Gasteiger partial charge in [0, 0.05) is 12.6 Å². The Bertz CT molecular complexity index is 301. The van der Waals surface area contributed by atoms with Crippen LogP contribution in [0.1, 0.15) is 26.7 Å². The van der Waals surface area contributed by atoms with E-state index in [1.54, 1.807) is 0 Å². The summed E-state index contributed by atoms with van der Waals surface area (Å²) in [6.45, 7) is 5.09. The second-order valence-corrected chi connectivity index (χ2v) is 5.75. The molecular formula is C9H20N2O4S. The van der Waals surface area contributed by atoms with Gasteiger partial charge in [0.15, 0.2) is 0 Å². The normalized spacial score (nSPS) is 11.9. The molecule has 0 aliphatic rings. The van der Waals surface area contributed by atoms with Crippen LogP contribution in [0.15, 0.2) is 0 Å². The number of carboxylic acids is 1. The zero-order valence-electron chi connectivity index (χ0n) is 9.69. The average Bonchev–Trinajstić information content (AvgIpc) is 2.14. The van der Waals surface area contributed by atoms with Gasteiger partial charge in [-0.15, -0.1) is 0 Å². The smallest absolute Gasteiger partial charge is 0.304 e. The fourth-order valence-corrected chi connectivity index (χ4v) is 2.04. The van der Waals surface area contributed by atoms with Gasteiger partial charge in [-0.2, -0.15) is 0 Å². The topological polar surface area (TPSA) is 95.5 Å². The molecule has 0 aromatic carbocycles. The highest BCUT2D eigenvalue weighted by molar-refractivity contribution is 7.89. The predicted molar refractivity (Wildman–Crippen MR) is 61.8 cm³/mol. The maximum Gasteiger partial charge on any atom is 0.304 e. The summed E-state index contributed by atoms with van der Waals surface area (Å²) in [6, 6.07) is 0.378. The first-order valence-corrected chi connectivity index (χ1v) is 6.91. The van der Waals surface area contributed by atoms with Crippen LogP contribution in [0.25, 0.3) is 0 Å². The third-order valence-electron chi connectivity index (χ3n) is 1.81. The second-order valence-electron chi connectivity index (χ2n) is 3.82. The minimum atomic E-state index is -3.44.